The maximum absolute atomic E-state index is 11.5. The monoisotopic (exact) mass is 284 g/mol. The molecular formula is C12H16N2O4S. The quantitative estimate of drug-likeness (QED) is 0.847. The highest BCUT2D eigenvalue weighted by Crippen LogP contribution is 2.29. The van der Waals surface area contributed by atoms with Crippen LogP contribution < -0.4 is 4.90 Å². The van der Waals surface area contributed by atoms with E-state index in [1.165, 1.54) is 6.92 Å². The van der Waals surface area contributed by atoms with Crippen LogP contribution in [0.5, 0.6) is 0 Å². The standard InChI is InChI=1S/C12H16N2O4S/c1-7(15)10-9(11(16)17)13-12(19-10)14(2)8-3-5-18-6-4-8/h8H,3-6H2,1-2H3,(H,16,17). The minimum atomic E-state index is -1.16. The van der Waals surface area contributed by atoms with E-state index in [1.807, 2.05) is 11.9 Å². The number of thiazole rings is 1. The molecule has 1 aromatic rings. The van der Waals surface area contributed by atoms with Gasteiger partial charge in [0.15, 0.2) is 16.6 Å². The highest BCUT2D eigenvalue weighted by Gasteiger charge is 2.26. The molecule has 0 radical (unpaired) electrons. The molecule has 1 saturated heterocycles. The van der Waals surface area contributed by atoms with Gasteiger partial charge in [0, 0.05) is 33.2 Å². The van der Waals surface area contributed by atoms with Crippen LogP contribution in [0.3, 0.4) is 0 Å². The number of nitrogens with zero attached hydrogens (tertiary/aromatic N) is 2. The number of anilines is 1. The van der Waals surface area contributed by atoms with Crippen molar-refractivity contribution in [3.05, 3.63) is 10.6 Å². The number of carbonyl (C=O) groups excluding carboxylic acids is 1. The van der Waals surface area contributed by atoms with Gasteiger partial charge in [-0.1, -0.05) is 11.3 Å². The minimum absolute atomic E-state index is 0.147. The molecule has 104 valence electrons. The molecule has 7 heteroatoms. The number of ether oxygens (including phenoxy) is 1. The molecule has 6 nitrogen and oxygen atoms in total. The van der Waals surface area contributed by atoms with Crippen molar-refractivity contribution in [1.82, 2.24) is 4.98 Å². The van der Waals surface area contributed by atoms with Crippen LogP contribution in [0.2, 0.25) is 0 Å². The van der Waals surface area contributed by atoms with Gasteiger partial charge >= 0.3 is 5.97 Å². The zero-order valence-corrected chi connectivity index (χ0v) is 11.7. The van der Waals surface area contributed by atoms with E-state index < -0.39 is 5.97 Å². The number of carboxylic acid groups (broad SMARTS) is 1. The highest BCUT2D eigenvalue weighted by molar-refractivity contribution is 7.17. The zero-order chi connectivity index (χ0) is 14.0. The molecule has 1 aromatic heterocycles. The van der Waals surface area contributed by atoms with E-state index in [0.717, 1.165) is 24.2 Å². The van der Waals surface area contributed by atoms with Crippen molar-refractivity contribution < 1.29 is 19.4 Å². The molecule has 1 N–H and O–H groups in total. The van der Waals surface area contributed by atoms with Gasteiger partial charge in [-0.15, -0.1) is 0 Å². The minimum Gasteiger partial charge on any atom is -0.476 e. The Morgan fingerprint density at radius 2 is 2.05 bits per heavy atom. The van der Waals surface area contributed by atoms with E-state index in [1.54, 1.807) is 0 Å². The van der Waals surface area contributed by atoms with Gasteiger partial charge in [0.25, 0.3) is 0 Å². The second-order valence-corrected chi connectivity index (χ2v) is 5.47. The maximum Gasteiger partial charge on any atom is 0.356 e. The Balaban J connectivity index is 2.26. The first-order valence-corrected chi connectivity index (χ1v) is 6.88. The Labute approximate surface area is 115 Å². The number of carbonyl (C=O) groups is 2. The highest BCUT2D eigenvalue weighted by atomic mass is 32.1. The fourth-order valence-electron chi connectivity index (χ4n) is 2.07. The van der Waals surface area contributed by atoms with Gasteiger partial charge in [0.1, 0.15) is 4.88 Å². The van der Waals surface area contributed by atoms with Crippen molar-refractivity contribution in [1.29, 1.82) is 0 Å². The number of aromatic carboxylic acids is 1. The number of carboxylic acids is 1. The number of hydrogen-bond donors (Lipinski definition) is 1. The predicted octanol–water partition coefficient (Wildman–Crippen LogP) is 1.66. The molecule has 0 spiro atoms. The Bertz CT molecular complexity index is 462. The topological polar surface area (TPSA) is 79.7 Å². The van der Waals surface area contributed by atoms with Gasteiger partial charge in [0.05, 0.1) is 0 Å². The van der Waals surface area contributed by atoms with Crippen LogP contribution in [0.1, 0.15) is 39.9 Å². The van der Waals surface area contributed by atoms with Crippen molar-refractivity contribution in [2.45, 2.75) is 25.8 Å². The molecule has 0 bridgehead atoms. The predicted molar refractivity (Wildman–Crippen MR) is 71.3 cm³/mol. The maximum atomic E-state index is 11.5. The Hall–Kier alpha value is -1.47. The molecule has 19 heavy (non-hydrogen) atoms. The second kappa shape index (κ2) is 5.66. The van der Waals surface area contributed by atoms with Gasteiger partial charge in [-0.2, -0.15) is 0 Å². The van der Waals surface area contributed by atoms with Crippen LogP contribution in [0.4, 0.5) is 5.13 Å². The average molecular weight is 284 g/mol. The molecular weight excluding hydrogens is 268 g/mol. The number of hydrogen-bond acceptors (Lipinski definition) is 6. The third kappa shape index (κ3) is 2.93. The Kier molecular flexibility index (Phi) is 4.16. The molecule has 0 saturated carbocycles. The van der Waals surface area contributed by atoms with Crippen molar-refractivity contribution in [2.24, 2.45) is 0 Å². The first-order chi connectivity index (χ1) is 9.00. The van der Waals surface area contributed by atoms with Crippen molar-refractivity contribution in [2.75, 3.05) is 25.2 Å². The summed E-state index contributed by atoms with van der Waals surface area (Å²) in [7, 11) is 1.88. The summed E-state index contributed by atoms with van der Waals surface area (Å²) in [5.41, 5.74) is -0.147. The molecule has 0 amide bonds. The normalized spacial score (nSPS) is 16.3. The number of aromatic nitrogens is 1. The molecule has 2 rings (SSSR count). The van der Waals surface area contributed by atoms with Crippen LogP contribution in [0, 0.1) is 0 Å². The Morgan fingerprint density at radius 3 is 2.53 bits per heavy atom. The van der Waals surface area contributed by atoms with Crippen molar-refractivity contribution in [3.8, 4) is 0 Å². The largest absolute Gasteiger partial charge is 0.476 e. The SMILES string of the molecule is CC(=O)c1sc(N(C)C2CCOCC2)nc1C(=O)O. The first-order valence-electron chi connectivity index (χ1n) is 6.06. The molecule has 0 aliphatic carbocycles. The number of ketones is 1. The van der Waals surface area contributed by atoms with Crippen LogP contribution in [0.25, 0.3) is 0 Å². The van der Waals surface area contributed by atoms with Gasteiger partial charge in [0.2, 0.25) is 0 Å². The van der Waals surface area contributed by atoms with E-state index >= 15 is 0 Å². The zero-order valence-electron chi connectivity index (χ0n) is 10.9. The summed E-state index contributed by atoms with van der Waals surface area (Å²) < 4.78 is 5.30. The lowest BCUT2D eigenvalue weighted by atomic mass is 10.1. The first kappa shape index (κ1) is 14.0. The molecule has 0 unspecified atom stereocenters. The third-order valence-electron chi connectivity index (χ3n) is 3.18. The molecule has 1 aliphatic heterocycles. The van der Waals surface area contributed by atoms with E-state index in [0.29, 0.717) is 18.3 Å². The fraction of sp³-hybridized carbons (Fsp3) is 0.583. The number of rotatable bonds is 4. The molecule has 1 fully saturated rings. The summed E-state index contributed by atoms with van der Waals surface area (Å²) in [4.78, 5) is 28.8. The summed E-state index contributed by atoms with van der Waals surface area (Å²) in [6.45, 7) is 2.76. The lowest BCUT2D eigenvalue weighted by Gasteiger charge is -2.30. The Morgan fingerprint density at radius 1 is 1.42 bits per heavy atom. The molecule has 1 aliphatic rings. The van der Waals surface area contributed by atoms with E-state index in [9.17, 15) is 9.59 Å². The third-order valence-corrected chi connectivity index (χ3v) is 4.43. The van der Waals surface area contributed by atoms with E-state index in [4.69, 9.17) is 9.84 Å². The average Bonchev–Trinajstić information content (AvgIpc) is 2.84. The van der Waals surface area contributed by atoms with Crippen molar-refractivity contribution >= 4 is 28.2 Å². The summed E-state index contributed by atoms with van der Waals surface area (Å²) >= 11 is 1.14. The van der Waals surface area contributed by atoms with Crippen LogP contribution >= 0.6 is 11.3 Å². The van der Waals surface area contributed by atoms with Crippen LogP contribution in [-0.2, 0) is 4.74 Å². The van der Waals surface area contributed by atoms with Gasteiger partial charge in [-0.3, -0.25) is 4.79 Å². The van der Waals surface area contributed by atoms with E-state index in [2.05, 4.69) is 4.98 Å². The summed E-state index contributed by atoms with van der Waals surface area (Å²) in [6.07, 6.45) is 1.77. The second-order valence-electron chi connectivity index (χ2n) is 4.49. The molecule has 2 heterocycles. The lowest BCUT2D eigenvalue weighted by molar-refractivity contribution is 0.0686. The fourth-order valence-corrected chi connectivity index (χ4v) is 3.06. The van der Waals surface area contributed by atoms with Crippen LogP contribution in [-0.4, -0.2) is 48.1 Å². The molecule has 0 aromatic carbocycles. The molecule has 0 atom stereocenters. The van der Waals surface area contributed by atoms with Gasteiger partial charge in [-0.25, -0.2) is 9.78 Å². The van der Waals surface area contributed by atoms with Crippen LogP contribution in [0.15, 0.2) is 0 Å². The summed E-state index contributed by atoms with van der Waals surface area (Å²) in [5.74, 6) is -1.42. The lowest BCUT2D eigenvalue weighted by Crippen LogP contribution is -2.36. The van der Waals surface area contributed by atoms with E-state index in [-0.39, 0.29) is 22.4 Å². The number of Topliss-reactive ketones (excluding diaryl/α,β-unsaturated/α-hetero) is 1. The van der Waals surface area contributed by atoms with Crippen molar-refractivity contribution in [3.63, 3.8) is 0 Å². The summed E-state index contributed by atoms with van der Waals surface area (Å²) in [6, 6.07) is 0.279. The van der Waals surface area contributed by atoms with Gasteiger partial charge < -0.3 is 14.7 Å². The van der Waals surface area contributed by atoms with Gasteiger partial charge in [-0.05, 0) is 12.8 Å². The smallest absolute Gasteiger partial charge is 0.356 e. The summed E-state index contributed by atoms with van der Waals surface area (Å²) in [5, 5.41) is 9.65.